The zero-order valence-electron chi connectivity index (χ0n) is 36.5. The van der Waals surface area contributed by atoms with Crippen LogP contribution in [-0.2, 0) is 0 Å². The van der Waals surface area contributed by atoms with Crippen LogP contribution in [0.4, 0.5) is 17.1 Å². The first kappa shape index (κ1) is 37.5. The van der Waals surface area contributed by atoms with Gasteiger partial charge in [-0.3, -0.25) is 0 Å². The highest BCUT2D eigenvalue weighted by Crippen LogP contribution is 2.47. The molecule has 12 aromatic carbocycles. The molecule has 0 radical (unpaired) electrons. The van der Waals surface area contributed by atoms with E-state index in [-0.39, 0.29) is 0 Å². The number of hydrogen-bond donors (Lipinski definition) is 0. The number of anilines is 3. The molecule has 0 spiro atoms. The van der Waals surface area contributed by atoms with Crippen LogP contribution in [0.25, 0.3) is 110 Å². The van der Waals surface area contributed by atoms with Crippen LogP contribution in [-0.4, -0.2) is 9.13 Å². The second-order valence-electron chi connectivity index (χ2n) is 17.7. The smallest absolute Gasteiger partial charge is 0.0553 e. The summed E-state index contributed by atoms with van der Waals surface area (Å²) in [5, 5.41) is 12.7. The van der Waals surface area contributed by atoms with E-state index < -0.39 is 0 Å². The molecule has 2 aromatic heterocycles. The van der Waals surface area contributed by atoms with Gasteiger partial charge in [-0.2, -0.15) is 0 Å². The van der Waals surface area contributed by atoms with Crippen molar-refractivity contribution >= 4 is 93.0 Å². The number of nitrogens with zero attached hydrogens (tertiary/aromatic N) is 3. The van der Waals surface area contributed by atoms with Crippen LogP contribution >= 0.6 is 0 Å². The highest BCUT2D eigenvalue weighted by molar-refractivity contribution is 6.34. The number of fused-ring (bicyclic) bond motifs is 7. The summed E-state index contributed by atoms with van der Waals surface area (Å²) in [4.78, 5) is 2.32. The van der Waals surface area contributed by atoms with Gasteiger partial charge < -0.3 is 14.0 Å². The summed E-state index contributed by atoms with van der Waals surface area (Å²) in [6.45, 7) is 0. The molecule has 14 rings (SSSR count). The Balaban J connectivity index is 0.960. The third-order valence-corrected chi connectivity index (χ3v) is 14.0. The first-order valence-corrected chi connectivity index (χ1v) is 23.1. The van der Waals surface area contributed by atoms with Crippen molar-refractivity contribution < 1.29 is 0 Å². The van der Waals surface area contributed by atoms with Gasteiger partial charge in [0.15, 0.2) is 0 Å². The second kappa shape index (κ2) is 14.8. The van der Waals surface area contributed by atoms with E-state index >= 15 is 0 Å². The molecule has 0 atom stereocenters. The van der Waals surface area contributed by atoms with Crippen LogP contribution in [0.5, 0.6) is 0 Å². The Hall–Kier alpha value is -8.92. The standard InChI is InChI=1S/C64H41N3/c1-5-15-47(16-6-1)65(48-17-7-2-8-18-48)51-32-27-42(28-33-51)52-34-29-43-25-26-46-41-61-64(55-36-35-54(52)62(43)63(46)55)57-40-45(31-38-60(57)67(61)50-21-11-4-12-22-50)44-30-37-59-56(39-44)53-23-13-14-24-58(53)66(59)49-19-9-3-10-20-49/h1-41H. The Bertz CT molecular complexity index is 4130. The average Bonchev–Trinajstić information content (AvgIpc) is 3.91. The lowest BCUT2D eigenvalue weighted by molar-refractivity contribution is 1.18. The first-order valence-electron chi connectivity index (χ1n) is 23.1. The Morgan fingerprint density at radius 1 is 0.254 bits per heavy atom. The van der Waals surface area contributed by atoms with Crippen LogP contribution in [0, 0.1) is 0 Å². The van der Waals surface area contributed by atoms with Crippen molar-refractivity contribution in [3.63, 3.8) is 0 Å². The zero-order valence-corrected chi connectivity index (χ0v) is 36.5. The largest absolute Gasteiger partial charge is 0.311 e. The van der Waals surface area contributed by atoms with Crippen LogP contribution in [0.15, 0.2) is 249 Å². The fraction of sp³-hybridized carbons (Fsp3) is 0. The van der Waals surface area contributed by atoms with Gasteiger partial charge in [0, 0.05) is 50.0 Å². The fourth-order valence-corrected chi connectivity index (χ4v) is 11.1. The number of para-hydroxylation sites is 5. The predicted molar refractivity (Wildman–Crippen MR) is 284 cm³/mol. The molecule has 2 heterocycles. The van der Waals surface area contributed by atoms with Gasteiger partial charge in [-0.05, 0) is 152 Å². The highest BCUT2D eigenvalue weighted by Gasteiger charge is 2.21. The van der Waals surface area contributed by atoms with Gasteiger partial charge in [0.2, 0.25) is 0 Å². The Morgan fingerprint density at radius 2 is 0.731 bits per heavy atom. The van der Waals surface area contributed by atoms with Crippen LogP contribution in [0.1, 0.15) is 0 Å². The van der Waals surface area contributed by atoms with Gasteiger partial charge in [0.1, 0.15) is 0 Å². The van der Waals surface area contributed by atoms with Crippen molar-refractivity contribution in [2.24, 2.45) is 0 Å². The van der Waals surface area contributed by atoms with E-state index in [1.807, 2.05) is 0 Å². The minimum Gasteiger partial charge on any atom is -0.311 e. The Labute approximate surface area is 387 Å². The lowest BCUT2D eigenvalue weighted by atomic mass is 9.88. The molecule has 0 aliphatic rings. The van der Waals surface area contributed by atoms with Crippen LogP contribution in [0.2, 0.25) is 0 Å². The Kier molecular flexibility index (Phi) is 8.28. The first-order chi connectivity index (χ1) is 33.2. The molecule has 0 fully saturated rings. The molecular formula is C64H41N3. The normalized spacial score (nSPS) is 11.9. The maximum absolute atomic E-state index is 2.46. The third-order valence-electron chi connectivity index (χ3n) is 14.0. The molecular weight excluding hydrogens is 811 g/mol. The maximum atomic E-state index is 2.46. The van der Waals surface area contributed by atoms with E-state index in [0.29, 0.717) is 0 Å². The minimum absolute atomic E-state index is 1.12. The molecule has 14 aromatic rings. The second-order valence-corrected chi connectivity index (χ2v) is 17.7. The molecule has 0 saturated carbocycles. The Morgan fingerprint density at radius 3 is 1.40 bits per heavy atom. The molecule has 3 heteroatoms. The van der Waals surface area contributed by atoms with Crippen molar-refractivity contribution in [3.05, 3.63) is 249 Å². The quantitative estimate of drug-likeness (QED) is 0.146. The van der Waals surface area contributed by atoms with Gasteiger partial charge in [0.25, 0.3) is 0 Å². The lowest BCUT2D eigenvalue weighted by Crippen LogP contribution is -2.09. The predicted octanol–water partition coefficient (Wildman–Crippen LogP) is 17.6. The van der Waals surface area contributed by atoms with Gasteiger partial charge in [-0.15, -0.1) is 0 Å². The van der Waals surface area contributed by atoms with E-state index in [1.54, 1.807) is 0 Å². The number of rotatable bonds is 7. The molecule has 3 nitrogen and oxygen atoms in total. The van der Waals surface area contributed by atoms with Crippen LogP contribution < -0.4 is 4.90 Å². The molecule has 0 amide bonds. The lowest BCUT2D eigenvalue weighted by Gasteiger charge is -2.25. The fourth-order valence-electron chi connectivity index (χ4n) is 11.1. The van der Waals surface area contributed by atoms with Crippen molar-refractivity contribution in [3.8, 4) is 33.6 Å². The summed E-state index contributed by atoms with van der Waals surface area (Å²) in [7, 11) is 0. The molecule has 0 saturated heterocycles. The molecule has 0 unspecified atom stereocenters. The molecule has 67 heavy (non-hydrogen) atoms. The molecule has 312 valence electrons. The number of aromatic nitrogens is 2. The van der Waals surface area contributed by atoms with Crippen LogP contribution in [0.3, 0.4) is 0 Å². The third kappa shape index (κ3) is 5.78. The molecule has 0 N–H and O–H groups in total. The topological polar surface area (TPSA) is 13.1 Å². The van der Waals surface area contributed by atoms with Crippen molar-refractivity contribution in [2.45, 2.75) is 0 Å². The SMILES string of the molecule is c1ccc(N(c2ccccc2)c2ccc(-c3ccc4ccc5cc6c(c7ccc3c4c57)c3cc(-c4ccc5c(c4)c4ccccc4n5-c4ccccc4)ccc3n6-c3ccccc3)cc2)cc1. The van der Waals surface area contributed by atoms with E-state index in [2.05, 4.69) is 263 Å². The van der Waals surface area contributed by atoms with E-state index in [0.717, 1.165) is 22.7 Å². The summed E-state index contributed by atoms with van der Waals surface area (Å²) in [5.41, 5.74) is 15.4. The maximum Gasteiger partial charge on any atom is 0.0553 e. The van der Waals surface area contributed by atoms with Gasteiger partial charge in [-0.1, -0.05) is 152 Å². The van der Waals surface area contributed by atoms with E-state index in [4.69, 9.17) is 0 Å². The molecule has 0 aliphatic carbocycles. The van der Waals surface area contributed by atoms with Crippen molar-refractivity contribution in [2.75, 3.05) is 4.90 Å². The summed E-state index contributed by atoms with van der Waals surface area (Å²) in [6.07, 6.45) is 0. The summed E-state index contributed by atoms with van der Waals surface area (Å²) in [6, 6.07) is 91.1. The summed E-state index contributed by atoms with van der Waals surface area (Å²) >= 11 is 0. The van der Waals surface area contributed by atoms with Crippen molar-refractivity contribution in [1.29, 1.82) is 0 Å². The highest BCUT2D eigenvalue weighted by atomic mass is 15.1. The molecule has 0 bridgehead atoms. The van der Waals surface area contributed by atoms with Gasteiger partial charge >= 0.3 is 0 Å². The number of hydrogen-bond acceptors (Lipinski definition) is 1. The van der Waals surface area contributed by atoms with E-state index in [9.17, 15) is 0 Å². The summed E-state index contributed by atoms with van der Waals surface area (Å²) in [5.74, 6) is 0. The van der Waals surface area contributed by atoms with Crippen molar-refractivity contribution in [1.82, 2.24) is 9.13 Å². The summed E-state index contributed by atoms with van der Waals surface area (Å²) < 4.78 is 4.85. The minimum atomic E-state index is 1.12. The van der Waals surface area contributed by atoms with E-state index in [1.165, 1.54) is 104 Å². The molecule has 0 aliphatic heterocycles. The van der Waals surface area contributed by atoms with Gasteiger partial charge in [0.05, 0.1) is 22.1 Å². The zero-order chi connectivity index (χ0) is 44.0. The number of benzene rings is 12. The monoisotopic (exact) mass is 851 g/mol. The van der Waals surface area contributed by atoms with Gasteiger partial charge in [-0.25, -0.2) is 0 Å². The average molecular weight is 852 g/mol.